The first-order valence-corrected chi connectivity index (χ1v) is 12.4. The second-order valence-electron chi connectivity index (χ2n) is 6.76. The summed E-state index contributed by atoms with van der Waals surface area (Å²) >= 11 is 0. The minimum absolute atomic E-state index is 0.0193. The lowest BCUT2D eigenvalue weighted by Gasteiger charge is -2.14. The first-order chi connectivity index (χ1) is 14.1. The largest absolute Gasteiger partial charge is 0.495 e. The van der Waals surface area contributed by atoms with E-state index in [0.29, 0.717) is 0 Å². The van der Waals surface area contributed by atoms with E-state index in [0.717, 1.165) is 0 Å². The van der Waals surface area contributed by atoms with Crippen LogP contribution in [0.5, 0.6) is 5.75 Å². The summed E-state index contributed by atoms with van der Waals surface area (Å²) in [6, 6.07) is 11.6. The zero-order valence-electron chi connectivity index (χ0n) is 17.0. The van der Waals surface area contributed by atoms with E-state index in [-0.39, 0.29) is 45.9 Å². The second-order valence-corrected chi connectivity index (χ2v) is 10.6. The van der Waals surface area contributed by atoms with Crippen LogP contribution in [0.25, 0.3) is 0 Å². The molecule has 0 unspecified atom stereocenters. The van der Waals surface area contributed by atoms with Crippen LogP contribution in [0, 0.1) is 0 Å². The fourth-order valence-corrected chi connectivity index (χ4v) is 5.38. The van der Waals surface area contributed by atoms with Crippen molar-refractivity contribution in [3.63, 3.8) is 0 Å². The minimum Gasteiger partial charge on any atom is -0.495 e. The number of benzene rings is 2. The number of hydrogen-bond acceptors (Lipinski definition) is 7. The lowest BCUT2D eigenvalue weighted by atomic mass is 10.2. The molecule has 0 atom stereocenters. The van der Waals surface area contributed by atoms with Gasteiger partial charge < -0.3 is 9.47 Å². The molecule has 164 valence electrons. The number of nitrogens with one attached hydrogen (secondary N) is 1. The van der Waals surface area contributed by atoms with E-state index in [2.05, 4.69) is 4.72 Å². The highest BCUT2D eigenvalue weighted by molar-refractivity contribution is 7.91. The maximum absolute atomic E-state index is 12.5. The monoisotopic (exact) mass is 455 g/mol. The Bertz CT molecular complexity index is 1080. The Kier molecular flexibility index (Phi) is 7.99. The molecule has 0 bridgehead atoms. The summed E-state index contributed by atoms with van der Waals surface area (Å²) in [6.07, 6.45) is 0.110. The third-order valence-electron chi connectivity index (χ3n) is 3.97. The van der Waals surface area contributed by atoms with Crippen LogP contribution in [0.3, 0.4) is 0 Å². The molecule has 0 aliphatic carbocycles. The van der Waals surface area contributed by atoms with Gasteiger partial charge in [0.15, 0.2) is 9.84 Å². The number of esters is 1. The lowest BCUT2D eigenvalue weighted by Crippen LogP contribution is -2.30. The predicted molar refractivity (Wildman–Crippen MR) is 112 cm³/mol. The molecule has 2 aromatic rings. The summed E-state index contributed by atoms with van der Waals surface area (Å²) in [4.78, 5) is 12.3. The molecule has 0 saturated carbocycles. The van der Waals surface area contributed by atoms with Crippen molar-refractivity contribution in [2.24, 2.45) is 0 Å². The fourth-order valence-electron chi connectivity index (χ4n) is 2.63. The average Bonchev–Trinajstić information content (AvgIpc) is 2.70. The molecule has 0 heterocycles. The first-order valence-electron chi connectivity index (χ1n) is 9.22. The number of methoxy groups -OCH3 is 1. The summed E-state index contributed by atoms with van der Waals surface area (Å²) in [7, 11) is -6.03. The van der Waals surface area contributed by atoms with E-state index < -0.39 is 25.8 Å². The van der Waals surface area contributed by atoms with Crippen LogP contribution in [-0.2, 0) is 24.6 Å². The Balaban J connectivity index is 2.04. The van der Waals surface area contributed by atoms with Gasteiger partial charge in [-0.25, -0.2) is 26.4 Å². The van der Waals surface area contributed by atoms with Gasteiger partial charge in [-0.15, -0.1) is 0 Å². The third-order valence-corrected chi connectivity index (χ3v) is 7.47. The Hall–Kier alpha value is -2.43. The first kappa shape index (κ1) is 23.8. The van der Waals surface area contributed by atoms with Gasteiger partial charge in [0.25, 0.3) is 0 Å². The standard InChI is InChI=1S/C20H25NO7S2/c1-15(2)21-30(25,26)19-14-16(10-11-18(19)27-3)20(22)28-12-7-13-29(23,24)17-8-5-4-6-9-17/h4-6,8-11,14-15,21H,7,12-13H2,1-3H3. The van der Waals surface area contributed by atoms with E-state index >= 15 is 0 Å². The van der Waals surface area contributed by atoms with Crippen molar-refractivity contribution in [2.45, 2.75) is 36.1 Å². The van der Waals surface area contributed by atoms with E-state index in [1.54, 1.807) is 32.0 Å². The van der Waals surface area contributed by atoms with Crippen molar-refractivity contribution in [3.05, 3.63) is 54.1 Å². The van der Waals surface area contributed by atoms with Gasteiger partial charge in [-0.05, 0) is 50.6 Å². The molecule has 0 spiro atoms. The molecule has 0 radical (unpaired) electrons. The highest BCUT2D eigenvalue weighted by Gasteiger charge is 2.23. The van der Waals surface area contributed by atoms with Gasteiger partial charge >= 0.3 is 5.97 Å². The van der Waals surface area contributed by atoms with Crippen LogP contribution in [0.2, 0.25) is 0 Å². The second kappa shape index (κ2) is 10.1. The average molecular weight is 456 g/mol. The lowest BCUT2D eigenvalue weighted by molar-refractivity contribution is 0.0505. The van der Waals surface area contributed by atoms with E-state index in [1.807, 2.05) is 0 Å². The highest BCUT2D eigenvalue weighted by Crippen LogP contribution is 2.25. The van der Waals surface area contributed by atoms with E-state index in [9.17, 15) is 21.6 Å². The van der Waals surface area contributed by atoms with Crippen molar-refractivity contribution in [2.75, 3.05) is 19.5 Å². The molecule has 0 aliphatic heterocycles. The number of sulfonamides is 1. The third kappa shape index (κ3) is 6.28. The maximum atomic E-state index is 12.5. The van der Waals surface area contributed by atoms with Gasteiger partial charge in [-0.3, -0.25) is 0 Å². The topological polar surface area (TPSA) is 116 Å². The van der Waals surface area contributed by atoms with Crippen LogP contribution in [0.4, 0.5) is 0 Å². The number of carbonyl (C=O) groups is 1. The van der Waals surface area contributed by atoms with Crippen molar-refractivity contribution < 1.29 is 31.1 Å². The van der Waals surface area contributed by atoms with Crippen molar-refractivity contribution in [1.82, 2.24) is 4.72 Å². The SMILES string of the molecule is COc1ccc(C(=O)OCCCS(=O)(=O)c2ccccc2)cc1S(=O)(=O)NC(C)C. The molecule has 0 aliphatic rings. The molecule has 30 heavy (non-hydrogen) atoms. The maximum Gasteiger partial charge on any atom is 0.338 e. The fraction of sp³-hybridized carbons (Fsp3) is 0.350. The number of carbonyl (C=O) groups excluding carboxylic acids is 1. The molecule has 1 N–H and O–H groups in total. The number of ether oxygens (including phenoxy) is 2. The smallest absolute Gasteiger partial charge is 0.338 e. The number of sulfone groups is 1. The molecule has 10 heteroatoms. The Morgan fingerprint density at radius 1 is 1.03 bits per heavy atom. The normalized spacial score (nSPS) is 12.0. The summed E-state index contributed by atoms with van der Waals surface area (Å²) in [5.41, 5.74) is 0.0193. The van der Waals surface area contributed by atoms with Gasteiger partial charge in [0.05, 0.1) is 29.9 Å². The van der Waals surface area contributed by atoms with Gasteiger partial charge in [0.2, 0.25) is 10.0 Å². The summed E-state index contributed by atoms with van der Waals surface area (Å²) in [6.45, 7) is 3.22. The molecule has 0 aromatic heterocycles. The van der Waals surface area contributed by atoms with Crippen LogP contribution in [0.15, 0.2) is 58.3 Å². The summed E-state index contributed by atoms with van der Waals surface area (Å²) < 4.78 is 62.1. The van der Waals surface area contributed by atoms with Crippen LogP contribution < -0.4 is 9.46 Å². The number of rotatable bonds is 10. The van der Waals surface area contributed by atoms with Crippen molar-refractivity contribution >= 4 is 25.8 Å². The van der Waals surface area contributed by atoms with Crippen LogP contribution in [-0.4, -0.2) is 48.3 Å². The Labute approximate surface area is 177 Å². The highest BCUT2D eigenvalue weighted by atomic mass is 32.2. The van der Waals surface area contributed by atoms with E-state index in [1.165, 1.54) is 37.4 Å². The Morgan fingerprint density at radius 3 is 2.30 bits per heavy atom. The predicted octanol–water partition coefficient (Wildman–Crippen LogP) is 2.40. The molecular formula is C20H25NO7S2. The molecule has 0 fully saturated rings. The zero-order chi connectivity index (χ0) is 22.4. The molecule has 2 aromatic carbocycles. The van der Waals surface area contributed by atoms with Crippen LogP contribution in [0.1, 0.15) is 30.6 Å². The molecule has 0 amide bonds. The minimum atomic E-state index is -3.90. The van der Waals surface area contributed by atoms with Gasteiger partial charge in [0, 0.05) is 6.04 Å². The molecule has 2 rings (SSSR count). The van der Waals surface area contributed by atoms with Gasteiger partial charge in [-0.1, -0.05) is 18.2 Å². The summed E-state index contributed by atoms with van der Waals surface area (Å²) in [5, 5.41) is 0. The Morgan fingerprint density at radius 2 is 1.70 bits per heavy atom. The zero-order valence-corrected chi connectivity index (χ0v) is 18.6. The quantitative estimate of drug-likeness (QED) is 0.432. The molecule has 8 nitrogen and oxygen atoms in total. The number of hydrogen-bond donors (Lipinski definition) is 1. The van der Waals surface area contributed by atoms with Gasteiger partial charge in [0.1, 0.15) is 10.6 Å². The van der Waals surface area contributed by atoms with Gasteiger partial charge in [-0.2, -0.15) is 0 Å². The van der Waals surface area contributed by atoms with E-state index in [4.69, 9.17) is 9.47 Å². The van der Waals surface area contributed by atoms with Crippen LogP contribution >= 0.6 is 0 Å². The van der Waals surface area contributed by atoms with Crippen molar-refractivity contribution in [1.29, 1.82) is 0 Å². The van der Waals surface area contributed by atoms with Crippen molar-refractivity contribution in [3.8, 4) is 5.75 Å². The molecule has 0 saturated heterocycles. The molecular weight excluding hydrogens is 430 g/mol. The summed E-state index contributed by atoms with van der Waals surface area (Å²) in [5.74, 6) is -0.838.